The van der Waals surface area contributed by atoms with E-state index in [2.05, 4.69) is 12.2 Å². The van der Waals surface area contributed by atoms with Crippen molar-refractivity contribution in [3.63, 3.8) is 0 Å². The van der Waals surface area contributed by atoms with Crippen molar-refractivity contribution in [1.29, 1.82) is 0 Å². The Labute approximate surface area is 84.3 Å². The van der Waals surface area contributed by atoms with Crippen molar-refractivity contribution in [3.8, 4) is 0 Å². The minimum atomic E-state index is -0.111. The maximum absolute atomic E-state index is 13.0. The van der Waals surface area contributed by atoms with Gasteiger partial charge >= 0.3 is 0 Å². The maximum atomic E-state index is 13.0. The molecule has 0 aliphatic carbocycles. The van der Waals surface area contributed by atoms with Gasteiger partial charge in [-0.15, -0.1) is 0 Å². The van der Waals surface area contributed by atoms with Crippen LogP contribution in [0.1, 0.15) is 30.5 Å². The Hall–Kier alpha value is -0.890. The van der Waals surface area contributed by atoms with Crippen molar-refractivity contribution in [2.24, 2.45) is 5.92 Å². The monoisotopic (exact) mass is 193 g/mol. The van der Waals surface area contributed by atoms with Crippen LogP contribution in [-0.4, -0.2) is 6.54 Å². The molecule has 0 saturated carbocycles. The minimum absolute atomic E-state index is 0.111. The molecule has 1 saturated heterocycles. The summed E-state index contributed by atoms with van der Waals surface area (Å²) in [6.45, 7) is 5.13. The van der Waals surface area contributed by atoms with E-state index in [1.165, 1.54) is 5.56 Å². The SMILES string of the molecule is Cc1cc([C@@H]2C[C@H](C)CN2)ccc1F. The molecule has 0 bridgehead atoms. The van der Waals surface area contributed by atoms with Gasteiger partial charge in [-0.3, -0.25) is 0 Å². The van der Waals surface area contributed by atoms with Crippen LogP contribution in [0.3, 0.4) is 0 Å². The molecule has 1 nitrogen and oxygen atoms in total. The van der Waals surface area contributed by atoms with Gasteiger partial charge in [-0.25, -0.2) is 4.39 Å². The molecule has 1 heterocycles. The highest BCUT2D eigenvalue weighted by Gasteiger charge is 2.21. The Morgan fingerprint density at radius 2 is 2.21 bits per heavy atom. The molecular formula is C12H16FN. The highest BCUT2D eigenvalue weighted by molar-refractivity contribution is 5.27. The fourth-order valence-corrected chi connectivity index (χ4v) is 2.05. The number of hydrogen-bond acceptors (Lipinski definition) is 1. The van der Waals surface area contributed by atoms with Gasteiger partial charge in [0.2, 0.25) is 0 Å². The minimum Gasteiger partial charge on any atom is -0.310 e. The number of rotatable bonds is 1. The molecule has 1 N–H and O–H groups in total. The summed E-state index contributed by atoms with van der Waals surface area (Å²) in [5, 5.41) is 3.45. The van der Waals surface area contributed by atoms with Crippen LogP contribution in [0.15, 0.2) is 18.2 Å². The largest absolute Gasteiger partial charge is 0.310 e. The molecule has 1 aromatic carbocycles. The van der Waals surface area contributed by atoms with Crippen LogP contribution < -0.4 is 5.32 Å². The second-order valence-corrected chi connectivity index (χ2v) is 4.31. The number of nitrogens with one attached hydrogen (secondary N) is 1. The van der Waals surface area contributed by atoms with E-state index < -0.39 is 0 Å². The van der Waals surface area contributed by atoms with Crippen molar-refractivity contribution in [1.82, 2.24) is 5.32 Å². The van der Waals surface area contributed by atoms with E-state index >= 15 is 0 Å². The number of aryl methyl sites for hydroxylation is 1. The van der Waals surface area contributed by atoms with Gasteiger partial charge in [0.25, 0.3) is 0 Å². The standard InChI is InChI=1S/C12H16FN/c1-8-5-12(14-7-8)10-3-4-11(13)9(2)6-10/h3-4,6,8,12,14H,5,7H2,1-2H3/t8-,12-/m0/s1. The zero-order valence-electron chi connectivity index (χ0n) is 8.68. The fourth-order valence-electron chi connectivity index (χ4n) is 2.05. The number of hydrogen-bond donors (Lipinski definition) is 1. The normalized spacial score (nSPS) is 26.8. The molecule has 1 aromatic rings. The van der Waals surface area contributed by atoms with Crippen LogP contribution >= 0.6 is 0 Å². The molecular weight excluding hydrogens is 177 g/mol. The highest BCUT2D eigenvalue weighted by Crippen LogP contribution is 2.27. The molecule has 1 aliphatic rings. The van der Waals surface area contributed by atoms with Gasteiger partial charge in [0.05, 0.1) is 0 Å². The van der Waals surface area contributed by atoms with Crippen molar-refractivity contribution in [3.05, 3.63) is 35.1 Å². The zero-order chi connectivity index (χ0) is 10.1. The molecule has 0 amide bonds. The van der Waals surface area contributed by atoms with E-state index in [4.69, 9.17) is 0 Å². The predicted molar refractivity (Wildman–Crippen MR) is 55.7 cm³/mol. The Balaban J connectivity index is 2.20. The van der Waals surface area contributed by atoms with Gasteiger partial charge in [-0.05, 0) is 43.0 Å². The first-order chi connectivity index (χ1) is 6.66. The third-order valence-corrected chi connectivity index (χ3v) is 2.94. The van der Waals surface area contributed by atoms with Crippen molar-refractivity contribution < 1.29 is 4.39 Å². The van der Waals surface area contributed by atoms with E-state index in [0.29, 0.717) is 6.04 Å². The first-order valence-corrected chi connectivity index (χ1v) is 5.16. The van der Waals surface area contributed by atoms with Crippen LogP contribution in [0.2, 0.25) is 0 Å². The molecule has 2 heteroatoms. The molecule has 0 radical (unpaired) electrons. The van der Waals surface area contributed by atoms with E-state index in [0.717, 1.165) is 24.4 Å². The first-order valence-electron chi connectivity index (χ1n) is 5.16. The number of benzene rings is 1. The van der Waals surface area contributed by atoms with Gasteiger partial charge < -0.3 is 5.32 Å². The van der Waals surface area contributed by atoms with E-state index in [-0.39, 0.29) is 5.82 Å². The molecule has 0 spiro atoms. The van der Waals surface area contributed by atoms with E-state index in [9.17, 15) is 4.39 Å². The average Bonchev–Trinajstić information content (AvgIpc) is 2.57. The number of halogens is 1. The molecule has 1 aliphatic heterocycles. The summed E-state index contributed by atoms with van der Waals surface area (Å²) in [7, 11) is 0. The predicted octanol–water partition coefficient (Wildman–Crippen LogP) is 2.80. The molecule has 14 heavy (non-hydrogen) atoms. The summed E-state index contributed by atoms with van der Waals surface area (Å²) in [4.78, 5) is 0. The Kier molecular flexibility index (Phi) is 2.55. The van der Waals surface area contributed by atoms with Gasteiger partial charge in [-0.2, -0.15) is 0 Å². The Morgan fingerprint density at radius 1 is 1.43 bits per heavy atom. The lowest BCUT2D eigenvalue weighted by molar-refractivity contribution is 0.599. The summed E-state index contributed by atoms with van der Waals surface area (Å²) >= 11 is 0. The average molecular weight is 193 g/mol. The molecule has 76 valence electrons. The van der Waals surface area contributed by atoms with Crippen molar-refractivity contribution >= 4 is 0 Å². The lowest BCUT2D eigenvalue weighted by Crippen LogP contribution is -2.13. The van der Waals surface area contributed by atoms with Gasteiger partial charge in [0.1, 0.15) is 5.82 Å². The smallest absolute Gasteiger partial charge is 0.126 e. The quantitative estimate of drug-likeness (QED) is 0.723. The highest BCUT2D eigenvalue weighted by atomic mass is 19.1. The van der Waals surface area contributed by atoms with Crippen LogP contribution in [-0.2, 0) is 0 Å². The topological polar surface area (TPSA) is 12.0 Å². The van der Waals surface area contributed by atoms with E-state index in [1.54, 1.807) is 6.07 Å². The summed E-state index contributed by atoms with van der Waals surface area (Å²) in [5.41, 5.74) is 1.96. The molecule has 2 atom stereocenters. The summed E-state index contributed by atoms with van der Waals surface area (Å²) in [6.07, 6.45) is 1.16. The van der Waals surface area contributed by atoms with Crippen LogP contribution in [0, 0.1) is 18.7 Å². The van der Waals surface area contributed by atoms with Crippen molar-refractivity contribution in [2.75, 3.05) is 6.54 Å². The third kappa shape index (κ3) is 1.80. The Morgan fingerprint density at radius 3 is 2.79 bits per heavy atom. The molecule has 0 unspecified atom stereocenters. The van der Waals surface area contributed by atoms with Crippen LogP contribution in [0.4, 0.5) is 4.39 Å². The molecule has 1 fully saturated rings. The molecule has 2 rings (SSSR count). The Bertz CT molecular complexity index is 335. The van der Waals surface area contributed by atoms with Crippen LogP contribution in [0.5, 0.6) is 0 Å². The van der Waals surface area contributed by atoms with Gasteiger partial charge in [-0.1, -0.05) is 19.1 Å². The summed E-state index contributed by atoms with van der Waals surface area (Å²) in [6, 6.07) is 5.82. The molecule has 0 aromatic heterocycles. The lowest BCUT2D eigenvalue weighted by atomic mass is 10.00. The first kappa shape index (κ1) is 9.66. The van der Waals surface area contributed by atoms with Gasteiger partial charge in [0, 0.05) is 6.04 Å². The lowest BCUT2D eigenvalue weighted by Gasteiger charge is -2.11. The van der Waals surface area contributed by atoms with Crippen LogP contribution in [0.25, 0.3) is 0 Å². The second-order valence-electron chi connectivity index (χ2n) is 4.31. The van der Waals surface area contributed by atoms with Crippen molar-refractivity contribution in [2.45, 2.75) is 26.3 Å². The second kappa shape index (κ2) is 3.70. The summed E-state index contributed by atoms with van der Waals surface area (Å²) < 4.78 is 13.0. The van der Waals surface area contributed by atoms with E-state index in [1.807, 2.05) is 19.1 Å². The fraction of sp³-hybridized carbons (Fsp3) is 0.500. The zero-order valence-corrected chi connectivity index (χ0v) is 8.68. The summed E-state index contributed by atoms with van der Waals surface area (Å²) in [5.74, 6) is 0.616. The third-order valence-electron chi connectivity index (χ3n) is 2.94. The van der Waals surface area contributed by atoms with Gasteiger partial charge in [0.15, 0.2) is 0 Å². The maximum Gasteiger partial charge on any atom is 0.126 e.